The summed E-state index contributed by atoms with van der Waals surface area (Å²) in [4.78, 5) is 35.7. The van der Waals surface area contributed by atoms with Gasteiger partial charge in [0, 0.05) is 36.0 Å². The van der Waals surface area contributed by atoms with Gasteiger partial charge >= 0.3 is 0 Å². The van der Waals surface area contributed by atoms with E-state index < -0.39 is 0 Å². The molecule has 0 atom stereocenters. The van der Waals surface area contributed by atoms with Crippen LogP contribution >= 0.6 is 11.8 Å². The summed E-state index contributed by atoms with van der Waals surface area (Å²) in [6.45, 7) is 0.962. The van der Waals surface area contributed by atoms with E-state index in [0.29, 0.717) is 28.6 Å². The molecule has 1 aliphatic carbocycles. The largest absolute Gasteiger partial charge is 0.358 e. The van der Waals surface area contributed by atoms with Gasteiger partial charge in [-0.1, -0.05) is 18.2 Å². The fraction of sp³-hybridized carbons (Fsp3) is 0.333. The maximum Gasteiger partial charge on any atom is 0.290 e. The van der Waals surface area contributed by atoms with Crippen LogP contribution in [-0.4, -0.2) is 44.7 Å². The Morgan fingerprint density at radius 2 is 1.91 bits per heavy atom. The van der Waals surface area contributed by atoms with Crippen LogP contribution in [0.25, 0.3) is 17.0 Å². The highest BCUT2D eigenvalue weighted by atomic mass is 32.2. The molecule has 1 saturated carbocycles. The molecule has 1 saturated heterocycles. The van der Waals surface area contributed by atoms with Gasteiger partial charge in [-0.2, -0.15) is 0 Å². The molecule has 2 aliphatic rings. The Hall–Kier alpha value is -3.17. The molecule has 1 aromatic carbocycles. The van der Waals surface area contributed by atoms with Crippen LogP contribution in [0.2, 0.25) is 0 Å². The van der Waals surface area contributed by atoms with Crippen LogP contribution in [0, 0.1) is 0 Å². The van der Waals surface area contributed by atoms with Crippen LogP contribution in [0.3, 0.4) is 0 Å². The zero-order chi connectivity index (χ0) is 22.6. The van der Waals surface area contributed by atoms with E-state index in [1.54, 1.807) is 18.3 Å². The summed E-state index contributed by atoms with van der Waals surface area (Å²) in [5.74, 6) is 0.169. The van der Waals surface area contributed by atoms with E-state index in [9.17, 15) is 9.59 Å². The van der Waals surface area contributed by atoms with Crippen LogP contribution in [0.5, 0.6) is 0 Å². The second-order valence-corrected chi connectivity index (χ2v) is 9.45. The predicted molar refractivity (Wildman–Crippen MR) is 131 cm³/mol. The van der Waals surface area contributed by atoms with E-state index in [1.165, 1.54) is 16.6 Å². The molecular formula is C24H26N6O2S. The van der Waals surface area contributed by atoms with Crippen molar-refractivity contribution < 1.29 is 9.59 Å². The fourth-order valence-corrected chi connectivity index (χ4v) is 5.05. The summed E-state index contributed by atoms with van der Waals surface area (Å²) in [5.41, 5.74) is 3.07. The minimum absolute atomic E-state index is 0.324. The number of nitrogens with zero attached hydrogens (tertiary/aromatic N) is 2. The van der Waals surface area contributed by atoms with Gasteiger partial charge in [-0.15, -0.1) is 0 Å². The molecular weight excluding hydrogens is 436 g/mol. The first-order valence-corrected chi connectivity index (χ1v) is 12.1. The number of hydrogen-bond acceptors (Lipinski definition) is 7. The first kappa shape index (κ1) is 21.7. The molecule has 4 N–H and O–H groups in total. The number of carbonyl (C=O) groups is 2. The number of imide groups is 1. The van der Waals surface area contributed by atoms with Crippen LogP contribution in [0.15, 0.2) is 47.5 Å². The van der Waals surface area contributed by atoms with Crippen molar-refractivity contribution in [1.29, 1.82) is 0 Å². The normalized spacial score (nSPS) is 22.1. The maximum atomic E-state index is 11.7. The lowest BCUT2D eigenvalue weighted by Gasteiger charge is -2.29. The molecule has 8 nitrogen and oxygen atoms in total. The minimum Gasteiger partial charge on any atom is -0.358 e. The summed E-state index contributed by atoms with van der Waals surface area (Å²) in [5, 5.41) is 10.3. The molecule has 3 aromatic rings. The van der Waals surface area contributed by atoms with Crippen molar-refractivity contribution >= 4 is 45.8 Å². The zero-order valence-corrected chi connectivity index (χ0v) is 19.0. The number of para-hydroxylation sites is 1. The molecule has 170 valence electrons. The Balaban J connectivity index is 1.08. The summed E-state index contributed by atoms with van der Waals surface area (Å²) >= 11 is 0.888. The van der Waals surface area contributed by atoms with Crippen molar-refractivity contribution in [2.45, 2.75) is 44.2 Å². The summed E-state index contributed by atoms with van der Waals surface area (Å²) in [7, 11) is 0. The van der Waals surface area contributed by atoms with Gasteiger partial charge in [-0.25, -0.2) is 9.97 Å². The number of aromatic amines is 1. The Morgan fingerprint density at radius 3 is 2.70 bits per heavy atom. The number of thioether (sulfide) groups is 1. The molecule has 0 bridgehead atoms. The number of aromatic nitrogens is 3. The van der Waals surface area contributed by atoms with Crippen molar-refractivity contribution in [2.75, 3.05) is 11.9 Å². The summed E-state index contributed by atoms with van der Waals surface area (Å²) in [6, 6.07) is 13.2. The van der Waals surface area contributed by atoms with Gasteiger partial charge in [0.15, 0.2) is 0 Å². The highest BCUT2D eigenvalue weighted by Gasteiger charge is 2.25. The molecule has 2 fully saturated rings. The Kier molecular flexibility index (Phi) is 6.41. The molecule has 9 heteroatoms. The van der Waals surface area contributed by atoms with E-state index in [1.807, 2.05) is 0 Å². The standard InChI is InChI=1S/C24H26N6O2S/c31-22-21(33-24(32)30-22)14-19-10-12-26-23(29-19)28-17-7-5-16(6-8-17)25-11-9-18-13-15-3-1-2-4-20(15)27-18/h1-4,10,12-14,16-17,25,27H,5-9,11H2,(H,26,28,29)(H,30,31,32). The lowest BCUT2D eigenvalue weighted by atomic mass is 9.91. The average molecular weight is 463 g/mol. The van der Waals surface area contributed by atoms with Gasteiger partial charge in [0.05, 0.1) is 10.6 Å². The van der Waals surface area contributed by atoms with Gasteiger partial charge in [0.1, 0.15) is 0 Å². The zero-order valence-electron chi connectivity index (χ0n) is 18.1. The van der Waals surface area contributed by atoms with Crippen LogP contribution in [0.1, 0.15) is 37.1 Å². The molecule has 3 heterocycles. The Morgan fingerprint density at radius 1 is 1.09 bits per heavy atom. The second kappa shape index (κ2) is 9.76. The third kappa shape index (κ3) is 5.43. The molecule has 33 heavy (non-hydrogen) atoms. The topological polar surface area (TPSA) is 112 Å². The lowest BCUT2D eigenvalue weighted by Crippen LogP contribution is -2.38. The molecule has 2 aromatic heterocycles. The third-order valence-corrected chi connectivity index (χ3v) is 6.88. The first-order valence-electron chi connectivity index (χ1n) is 11.3. The first-order chi connectivity index (χ1) is 16.1. The van der Waals surface area contributed by atoms with E-state index in [4.69, 9.17) is 0 Å². The van der Waals surface area contributed by atoms with Gasteiger partial charge in [0.25, 0.3) is 11.1 Å². The minimum atomic E-state index is -0.381. The number of nitrogens with one attached hydrogen (secondary N) is 4. The van der Waals surface area contributed by atoms with Gasteiger partial charge in [-0.3, -0.25) is 14.9 Å². The lowest BCUT2D eigenvalue weighted by molar-refractivity contribution is -0.115. The number of rotatable bonds is 7. The predicted octanol–water partition coefficient (Wildman–Crippen LogP) is 3.84. The van der Waals surface area contributed by atoms with Gasteiger partial charge < -0.3 is 15.6 Å². The third-order valence-electron chi connectivity index (χ3n) is 6.07. The highest BCUT2D eigenvalue weighted by molar-refractivity contribution is 8.18. The van der Waals surface area contributed by atoms with Crippen molar-refractivity contribution in [3.8, 4) is 0 Å². The van der Waals surface area contributed by atoms with E-state index in [0.717, 1.165) is 50.4 Å². The van der Waals surface area contributed by atoms with Crippen LogP contribution < -0.4 is 16.0 Å². The van der Waals surface area contributed by atoms with Gasteiger partial charge in [0.2, 0.25) is 5.95 Å². The fourth-order valence-electron chi connectivity index (χ4n) is 4.38. The number of amides is 2. The number of anilines is 1. The maximum absolute atomic E-state index is 11.7. The number of benzene rings is 1. The monoisotopic (exact) mass is 462 g/mol. The summed E-state index contributed by atoms with van der Waals surface area (Å²) in [6.07, 6.45) is 8.58. The molecule has 0 spiro atoms. The van der Waals surface area contributed by atoms with Crippen molar-refractivity contribution in [3.05, 3.63) is 58.9 Å². The summed E-state index contributed by atoms with van der Waals surface area (Å²) < 4.78 is 0. The quantitative estimate of drug-likeness (QED) is 0.395. The molecule has 2 amide bonds. The smallest absolute Gasteiger partial charge is 0.290 e. The number of fused-ring (bicyclic) bond motifs is 1. The number of H-pyrrole nitrogens is 1. The van der Waals surface area contributed by atoms with Crippen molar-refractivity contribution in [1.82, 2.24) is 25.6 Å². The second-order valence-electron chi connectivity index (χ2n) is 8.44. The van der Waals surface area contributed by atoms with Crippen LogP contribution in [0.4, 0.5) is 10.7 Å². The Labute approximate surface area is 196 Å². The van der Waals surface area contributed by atoms with E-state index in [-0.39, 0.29) is 11.1 Å². The number of carbonyl (C=O) groups excluding carboxylic acids is 2. The van der Waals surface area contributed by atoms with E-state index >= 15 is 0 Å². The molecule has 5 rings (SSSR count). The SMILES string of the molecule is O=C1NC(=O)C(=Cc2ccnc(NC3CCC(NCCc4cc5ccccc5[nH]4)CC3)n2)S1. The molecule has 0 radical (unpaired) electrons. The highest BCUT2D eigenvalue weighted by Crippen LogP contribution is 2.26. The molecule has 1 aliphatic heterocycles. The average Bonchev–Trinajstić information content (AvgIpc) is 3.37. The van der Waals surface area contributed by atoms with Crippen molar-refractivity contribution in [3.63, 3.8) is 0 Å². The van der Waals surface area contributed by atoms with E-state index in [2.05, 4.69) is 61.2 Å². The van der Waals surface area contributed by atoms with Crippen molar-refractivity contribution in [2.24, 2.45) is 0 Å². The Bertz CT molecular complexity index is 1170. The van der Waals surface area contributed by atoms with Gasteiger partial charge in [-0.05, 0) is 73.5 Å². The molecule has 0 unspecified atom stereocenters. The number of hydrogen-bond donors (Lipinski definition) is 4. The van der Waals surface area contributed by atoms with Crippen LogP contribution in [-0.2, 0) is 11.2 Å².